The number of benzene rings is 2. The molecule has 1 aliphatic carbocycles. The average molecular weight is 544 g/mol. The number of aliphatic imine (C=N–C) groups is 1. The number of aromatic nitrogens is 2. The van der Waals surface area contributed by atoms with Gasteiger partial charge in [0.1, 0.15) is 18.3 Å². The SMILES string of the molecule is Cn1cc(-c2ccc([N+](C(=O)NCc3ccccc3)=C3CCC(C=Nc4ccc(C#N)cn4)CC3)cc2)ccc1=O. The Bertz CT molecular complexity index is 1670. The molecule has 2 amide bonds. The lowest BCUT2D eigenvalue weighted by atomic mass is 9.88. The Morgan fingerprint density at radius 3 is 2.44 bits per heavy atom. The minimum absolute atomic E-state index is 0.0585. The maximum absolute atomic E-state index is 13.6. The molecule has 0 aliphatic heterocycles. The van der Waals surface area contributed by atoms with Crippen LogP contribution >= 0.6 is 0 Å². The van der Waals surface area contributed by atoms with E-state index in [9.17, 15) is 9.59 Å². The Hall–Kier alpha value is -5.16. The van der Waals surface area contributed by atoms with Gasteiger partial charge in [-0.2, -0.15) is 14.6 Å². The zero-order chi connectivity index (χ0) is 28.6. The van der Waals surface area contributed by atoms with Crippen LogP contribution in [0.2, 0.25) is 0 Å². The quantitative estimate of drug-likeness (QED) is 0.241. The number of urea groups is 1. The molecule has 0 bridgehead atoms. The first kappa shape index (κ1) is 27.4. The lowest BCUT2D eigenvalue weighted by Crippen LogP contribution is -2.35. The molecule has 0 spiro atoms. The molecule has 5 rings (SSSR count). The molecule has 204 valence electrons. The van der Waals surface area contributed by atoms with Gasteiger partial charge in [0, 0.05) is 44.6 Å². The normalized spacial score (nSPS) is 14.9. The van der Waals surface area contributed by atoms with E-state index in [1.807, 2.05) is 77.7 Å². The summed E-state index contributed by atoms with van der Waals surface area (Å²) in [6, 6.07) is 26.5. The van der Waals surface area contributed by atoms with Crippen LogP contribution in [-0.4, -0.2) is 32.1 Å². The highest BCUT2D eigenvalue weighted by Crippen LogP contribution is 2.27. The van der Waals surface area contributed by atoms with E-state index in [0.717, 1.165) is 53.8 Å². The highest BCUT2D eigenvalue weighted by Gasteiger charge is 2.27. The molecule has 2 heterocycles. The number of carbonyl (C=O) groups excluding carboxylic acids is 1. The Morgan fingerprint density at radius 1 is 1.05 bits per heavy atom. The summed E-state index contributed by atoms with van der Waals surface area (Å²) < 4.78 is 3.37. The number of nitriles is 1. The third-order valence-electron chi connectivity index (χ3n) is 7.25. The van der Waals surface area contributed by atoms with Crippen LogP contribution in [0.3, 0.4) is 0 Å². The van der Waals surface area contributed by atoms with Gasteiger partial charge in [-0.25, -0.2) is 15.3 Å². The lowest BCUT2D eigenvalue weighted by Gasteiger charge is -2.21. The minimum atomic E-state index is -0.160. The Labute approximate surface area is 239 Å². The predicted molar refractivity (Wildman–Crippen MR) is 160 cm³/mol. The van der Waals surface area contributed by atoms with Crippen LogP contribution in [0.4, 0.5) is 16.3 Å². The van der Waals surface area contributed by atoms with Crippen LogP contribution < -0.4 is 10.9 Å². The van der Waals surface area contributed by atoms with Gasteiger partial charge in [-0.1, -0.05) is 42.5 Å². The first-order chi connectivity index (χ1) is 20.0. The van der Waals surface area contributed by atoms with Crippen molar-refractivity contribution in [3.05, 3.63) is 113 Å². The second kappa shape index (κ2) is 12.8. The zero-order valence-corrected chi connectivity index (χ0v) is 22.9. The maximum atomic E-state index is 13.6. The van der Waals surface area contributed by atoms with E-state index in [1.165, 1.54) is 6.20 Å². The Morgan fingerprint density at radius 2 is 1.78 bits per heavy atom. The van der Waals surface area contributed by atoms with Gasteiger partial charge in [0.25, 0.3) is 0 Å². The number of carbonyl (C=O) groups is 1. The van der Waals surface area contributed by atoms with Crippen LogP contribution in [-0.2, 0) is 13.6 Å². The van der Waals surface area contributed by atoms with Crippen molar-refractivity contribution >= 4 is 29.5 Å². The van der Waals surface area contributed by atoms with Crippen molar-refractivity contribution in [2.24, 2.45) is 18.0 Å². The molecule has 1 saturated carbocycles. The molecule has 0 radical (unpaired) electrons. The van der Waals surface area contributed by atoms with E-state index >= 15 is 0 Å². The summed E-state index contributed by atoms with van der Waals surface area (Å²) in [5.41, 5.74) is 5.25. The molecule has 8 nitrogen and oxygen atoms in total. The second-order valence-corrected chi connectivity index (χ2v) is 10.1. The first-order valence-corrected chi connectivity index (χ1v) is 13.6. The molecule has 2 aromatic heterocycles. The molecule has 1 aliphatic rings. The Kier molecular flexibility index (Phi) is 8.55. The molecular weight excluding hydrogens is 512 g/mol. The minimum Gasteiger partial charge on any atom is -0.318 e. The molecule has 1 fully saturated rings. The van der Waals surface area contributed by atoms with Gasteiger partial charge in [-0.15, -0.1) is 0 Å². The monoisotopic (exact) mass is 543 g/mol. The van der Waals surface area contributed by atoms with E-state index in [0.29, 0.717) is 17.9 Å². The fraction of sp³-hybridized carbons (Fsp3) is 0.212. The number of nitrogens with zero attached hydrogens (tertiary/aromatic N) is 5. The summed E-state index contributed by atoms with van der Waals surface area (Å²) in [6.07, 6.45) is 8.54. The number of amides is 2. The highest BCUT2D eigenvalue weighted by atomic mass is 16.2. The van der Waals surface area contributed by atoms with Gasteiger partial charge in [-0.3, -0.25) is 4.79 Å². The van der Waals surface area contributed by atoms with Crippen molar-refractivity contribution < 1.29 is 9.37 Å². The number of hydrogen-bond donors (Lipinski definition) is 1. The predicted octanol–water partition coefficient (Wildman–Crippen LogP) is 5.91. The zero-order valence-electron chi connectivity index (χ0n) is 22.9. The van der Waals surface area contributed by atoms with Crippen LogP contribution in [0.5, 0.6) is 0 Å². The molecule has 0 atom stereocenters. The summed E-state index contributed by atoms with van der Waals surface area (Å²) in [6.45, 7) is 0.437. The van der Waals surface area contributed by atoms with Crippen molar-refractivity contribution in [3.63, 3.8) is 0 Å². The largest absolute Gasteiger partial charge is 0.496 e. The lowest BCUT2D eigenvalue weighted by molar-refractivity contribution is -0.337. The number of rotatable bonds is 6. The van der Waals surface area contributed by atoms with Crippen molar-refractivity contribution in [1.82, 2.24) is 14.9 Å². The topological polar surface area (TPSA) is 103 Å². The van der Waals surface area contributed by atoms with E-state index in [4.69, 9.17) is 5.26 Å². The van der Waals surface area contributed by atoms with Gasteiger partial charge >= 0.3 is 6.03 Å². The first-order valence-electron chi connectivity index (χ1n) is 13.6. The molecule has 2 aromatic carbocycles. The number of hydrogen-bond acceptors (Lipinski definition) is 5. The van der Waals surface area contributed by atoms with E-state index in [-0.39, 0.29) is 17.5 Å². The van der Waals surface area contributed by atoms with Crippen molar-refractivity contribution in [3.8, 4) is 17.2 Å². The summed E-state index contributed by atoms with van der Waals surface area (Å²) in [7, 11) is 1.73. The van der Waals surface area contributed by atoms with E-state index in [2.05, 4.69) is 21.4 Å². The molecular formula is C33H31N6O2+. The summed E-state index contributed by atoms with van der Waals surface area (Å²) in [5.74, 6) is 0.858. The third-order valence-corrected chi connectivity index (χ3v) is 7.25. The number of aryl methyl sites for hydroxylation is 1. The van der Waals surface area contributed by atoms with Gasteiger partial charge in [0.2, 0.25) is 5.56 Å². The van der Waals surface area contributed by atoms with Gasteiger partial charge in [0.15, 0.2) is 5.82 Å². The standard InChI is InChI=1S/C33H30N6O2/c1-38-23-28(12-18-32(38)40)27-10-15-30(16-11-27)39(33(41)37-21-24-5-3-2-4-6-24)29-13-7-25(8-14-29)20-35-31-17-9-26(19-34)22-36-31/h2-6,9-12,15-18,20,22-23,25H,7-8,13-14,21H2,1H3/p+1. The maximum Gasteiger partial charge on any atom is 0.496 e. The van der Waals surface area contributed by atoms with Crippen molar-refractivity contribution in [2.75, 3.05) is 0 Å². The summed E-state index contributed by atoms with van der Waals surface area (Å²) >= 11 is 0. The summed E-state index contributed by atoms with van der Waals surface area (Å²) in [5, 5.41) is 12.0. The number of nitrogens with one attached hydrogen (secondary N) is 1. The van der Waals surface area contributed by atoms with Crippen LogP contribution in [0.15, 0.2) is 101 Å². The third kappa shape index (κ3) is 6.89. The Balaban J connectivity index is 1.36. The van der Waals surface area contributed by atoms with Crippen LogP contribution in [0, 0.1) is 17.2 Å². The molecule has 1 N–H and O–H groups in total. The van der Waals surface area contributed by atoms with Crippen LogP contribution in [0.1, 0.15) is 36.8 Å². The van der Waals surface area contributed by atoms with Crippen molar-refractivity contribution in [2.45, 2.75) is 32.2 Å². The van der Waals surface area contributed by atoms with Gasteiger partial charge in [0.05, 0.1) is 11.3 Å². The molecule has 0 saturated heterocycles. The highest BCUT2D eigenvalue weighted by molar-refractivity contribution is 5.88. The number of pyridine rings is 2. The molecule has 8 heteroatoms. The van der Waals surface area contributed by atoms with E-state index < -0.39 is 0 Å². The molecule has 4 aromatic rings. The second-order valence-electron chi connectivity index (χ2n) is 10.1. The molecule has 0 unspecified atom stereocenters. The fourth-order valence-electron chi connectivity index (χ4n) is 4.92. The molecule has 41 heavy (non-hydrogen) atoms. The van der Waals surface area contributed by atoms with Crippen LogP contribution in [0.25, 0.3) is 11.1 Å². The van der Waals surface area contributed by atoms with Gasteiger partial charge in [-0.05, 0) is 65.8 Å². The fourth-order valence-corrected chi connectivity index (χ4v) is 4.92. The van der Waals surface area contributed by atoms with E-state index in [1.54, 1.807) is 29.8 Å². The van der Waals surface area contributed by atoms with Gasteiger partial charge < -0.3 is 4.57 Å². The summed E-state index contributed by atoms with van der Waals surface area (Å²) in [4.78, 5) is 34.1. The average Bonchev–Trinajstić information content (AvgIpc) is 3.02. The van der Waals surface area contributed by atoms with Crippen molar-refractivity contribution in [1.29, 1.82) is 5.26 Å². The smallest absolute Gasteiger partial charge is 0.318 e.